The average Bonchev–Trinajstić information content (AvgIpc) is 2.40. The third-order valence-electron chi connectivity index (χ3n) is 2.80. The van der Waals surface area contributed by atoms with Crippen molar-refractivity contribution in [2.45, 2.75) is 13.8 Å². The van der Waals surface area contributed by atoms with E-state index in [1.165, 1.54) is 11.1 Å². The SMILES string of the molecule is Cc1ccc(C(Cl)=NNc2ccccc2)cc1C. The van der Waals surface area contributed by atoms with E-state index in [1.807, 2.05) is 48.5 Å². The maximum absolute atomic E-state index is 6.17. The summed E-state index contributed by atoms with van der Waals surface area (Å²) in [5.74, 6) is 0. The van der Waals surface area contributed by atoms with Gasteiger partial charge in [0.05, 0.1) is 5.69 Å². The minimum absolute atomic E-state index is 0.460. The second-order valence-electron chi connectivity index (χ2n) is 4.18. The summed E-state index contributed by atoms with van der Waals surface area (Å²) in [4.78, 5) is 0. The Labute approximate surface area is 112 Å². The molecule has 2 rings (SSSR count). The fourth-order valence-electron chi connectivity index (χ4n) is 1.56. The van der Waals surface area contributed by atoms with E-state index in [4.69, 9.17) is 11.6 Å². The van der Waals surface area contributed by atoms with Gasteiger partial charge < -0.3 is 0 Å². The van der Waals surface area contributed by atoms with Crippen LogP contribution in [0, 0.1) is 13.8 Å². The third kappa shape index (κ3) is 3.11. The number of anilines is 1. The Morgan fingerprint density at radius 1 is 1.00 bits per heavy atom. The summed E-state index contributed by atoms with van der Waals surface area (Å²) in [7, 11) is 0. The third-order valence-corrected chi connectivity index (χ3v) is 3.10. The largest absolute Gasteiger partial charge is 0.277 e. The molecule has 0 aliphatic heterocycles. The molecule has 18 heavy (non-hydrogen) atoms. The molecule has 0 aliphatic rings. The van der Waals surface area contributed by atoms with Crippen LogP contribution in [0.3, 0.4) is 0 Å². The number of hydrogen-bond donors (Lipinski definition) is 1. The van der Waals surface area contributed by atoms with E-state index in [0.717, 1.165) is 11.3 Å². The Kier molecular flexibility index (Phi) is 4.00. The highest BCUT2D eigenvalue weighted by molar-refractivity contribution is 6.69. The van der Waals surface area contributed by atoms with Gasteiger partial charge in [-0.3, -0.25) is 5.43 Å². The number of hydrazone groups is 1. The van der Waals surface area contributed by atoms with Gasteiger partial charge in [-0.05, 0) is 43.2 Å². The van der Waals surface area contributed by atoms with E-state index in [0.29, 0.717) is 5.17 Å². The van der Waals surface area contributed by atoms with Crippen LogP contribution in [0.4, 0.5) is 5.69 Å². The molecule has 0 saturated heterocycles. The minimum Gasteiger partial charge on any atom is -0.277 e. The number of hydrogen-bond acceptors (Lipinski definition) is 2. The first-order valence-electron chi connectivity index (χ1n) is 5.78. The standard InChI is InChI=1S/C15H15ClN2/c1-11-8-9-13(10-12(11)2)15(16)18-17-14-6-4-3-5-7-14/h3-10,17H,1-2H3. The second kappa shape index (κ2) is 5.69. The van der Waals surface area contributed by atoms with E-state index >= 15 is 0 Å². The van der Waals surface area contributed by atoms with Crippen molar-refractivity contribution in [2.75, 3.05) is 5.43 Å². The van der Waals surface area contributed by atoms with E-state index < -0.39 is 0 Å². The molecule has 0 bridgehead atoms. The van der Waals surface area contributed by atoms with Crippen LogP contribution < -0.4 is 5.43 Å². The smallest absolute Gasteiger partial charge is 0.156 e. The number of rotatable bonds is 3. The van der Waals surface area contributed by atoms with Crippen LogP contribution in [-0.2, 0) is 0 Å². The van der Waals surface area contributed by atoms with Crippen molar-refractivity contribution in [1.29, 1.82) is 0 Å². The Morgan fingerprint density at radius 2 is 1.72 bits per heavy atom. The molecular weight excluding hydrogens is 244 g/mol. The molecule has 0 spiro atoms. The molecule has 0 unspecified atom stereocenters. The van der Waals surface area contributed by atoms with Crippen molar-refractivity contribution in [1.82, 2.24) is 0 Å². The van der Waals surface area contributed by atoms with Crippen LogP contribution in [0.25, 0.3) is 0 Å². The van der Waals surface area contributed by atoms with Gasteiger partial charge in [0.25, 0.3) is 0 Å². The van der Waals surface area contributed by atoms with Crippen molar-refractivity contribution in [2.24, 2.45) is 5.10 Å². The highest BCUT2D eigenvalue weighted by atomic mass is 35.5. The minimum atomic E-state index is 0.460. The lowest BCUT2D eigenvalue weighted by Gasteiger charge is -2.04. The lowest BCUT2D eigenvalue weighted by atomic mass is 10.1. The number of para-hydroxylation sites is 1. The van der Waals surface area contributed by atoms with E-state index in [2.05, 4.69) is 24.4 Å². The Hall–Kier alpha value is -1.80. The van der Waals surface area contributed by atoms with Crippen molar-refractivity contribution in [3.63, 3.8) is 0 Å². The summed E-state index contributed by atoms with van der Waals surface area (Å²) in [6, 6.07) is 15.8. The van der Waals surface area contributed by atoms with Crippen molar-refractivity contribution in [3.8, 4) is 0 Å². The van der Waals surface area contributed by atoms with Gasteiger partial charge in [-0.15, -0.1) is 0 Å². The molecule has 92 valence electrons. The molecule has 3 heteroatoms. The van der Waals surface area contributed by atoms with Gasteiger partial charge in [-0.1, -0.05) is 41.9 Å². The molecule has 1 N–H and O–H groups in total. The van der Waals surface area contributed by atoms with E-state index in [1.54, 1.807) is 0 Å². The first-order chi connectivity index (χ1) is 8.66. The van der Waals surface area contributed by atoms with Crippen LogP contribution in [-0.4, -0.2) is 5.17 Å². The van der Waals surface area contributed by atoms with Gasteiger partial charge in [0.15, 0.2) is 5.17 Å². The number of nitrogens with one attached hydrogen (secondary N) is 1. The van der Waals surface area contributed by atoms with E-state index in [-0.39, 0.29) is 0 Å². The summed E-state index contributed by atoms with van der Waals surface area (Å²) in [6.07, 6.45) is 0. The molecule has 0 saturated carbocycles. The van der Waals surface area contributed by atoms with Gasteiger partial charge in [-0.25, -0.2) is 0 Å². The molecule has 2 nitrogen and oxygen atoms in total. The Balaban J connectivity index is 2.15. The first kappa shape index (κ1) is 12.7. The summed E-state index contributed by atoms with van der Waals surface area (Å²) >= 11 is 6.17. The van der Waals surface area contributed by atoms with Gasteiger partial charge >= 0.3 is 0 Å². The number of halogens is 1. The Morgan fingerprint density at radius 3 is 2.39 bits per heavy atom. The molecule has 2 aromatic carbocycles. The molecule has 0 fully saturated rings. The van der Waals surface area contributed by atoms with Gasteiger partial charge in [-0.2, -0.15) is 5.10 Å². The molecular formula is C15H15ClN2. The summed E-state index contributed by atoms with van der Waals surface area (Å²) < 4.78 is 0. The fourth-order valence-corrected chi connectivity index (χ4v) is 1.72. The normalized spacial score (nSPS) is 11.4. The zero-order chi connectivity index (χ0) is 13.0. The predicted molar refractivity (Wildman–Crippen MR) is 78.4 cm³/mol. The highest BCUT2D eigenvalue weighted by Crippen LogP contribution is 2.13. The average molecular weight is 259 g/mol. The number of nitrogens with zero attached hydrogens (tertiary/aromatic N) is 1. The molecule has 0 atom stereocenters. The second-order valence-corrected chi connectivity index (χ2v) is 4.54. The van der Waals surface area contributed by atoms with Crippen LogP contribution in [0.1, 0.15) is 16.7 Å². The number of benzene rings is 2. The molecule has 0 aromatic heterocycles. The molecule has 2 aromatic rings. The lowest BCUT2D eigenvalue weighted by Crippen LogP contribution is -1.98. The highest BCUT2D eigenvalue weighted by Gasteiger charge is 2.01. The maximum Gasteiger partial charge on any atom is 0.156 e. The zero-order valence-corrected chi connectivity index (χ0v) is 11.2. The van der Waals surface area contributed by atoms with E-state index in [9.17, 15) is 0 Å². The maximum atomic E-state index is 6.17. The first-order valence-corrected chi connectivity index (χ1v) is 6.16. The van der Waals surface area contributed by atoms with Gasteiger partial charge in [0.2, 0.25) is 0 Å². The molecule has 0 heterocycles. The van der Waals surface area contributed by atoms with Crippen LogP contribution in [0.5, 0.6) is 0 Å². The monoisotopic (exact) mass is 258 g/mol. The van der Waals surface area contributed by atoms with Crippen LogP contribution in [0.2, 0.25) is 0 Å². The summed E-state index contributed by atoms with van der Waals surface area (Å²) in [6.45, 7) is 4.14. The molecule has 0 aliphatic carbocycles. The molecule has 0 amide bonds. The van der Waals surface area contributed by atoms with Crippen molar-refractivity contribution < 1.29 is 0 Å². The lowest BCUT2D eigenvalue weighted by molar-refractivity contribution is 1.32. The predicted octanol–water partition coefficient (Wildman–Crippen LogP) is 4.32. The summed E-state index contributed by atoms with van der Waals surface area (Å²) in [5.41, 5.74) is 7.23. The van der Waals surface area contributed by atoms with Gasteiger partial charge in [0, 0.05) is 5.56 Å². The van der Waals surface area contributed by atoms with Crippen molar-refractivity contribution >= 4 is 22.5 Å². The topological polar surface area (TPSA) is 24.4 Å². The Bertz CT molecular complexity index is 562. The quantitative estimate of drug-likeness (QED) is 0.644. The number of aryl methyl sites for hydroxylation is 2. The van der Waals surface area contributed by atoms with Gasteiger partial charge in [0.1, 0.15) is 0 Å². The molecule has 0 radical (unpaired) electrons. The summed E-state index contributed by atoms with van der Waals surface area (Å²) in [5, 5.41) is 4.63. The fraction of sp³-hybridized carbons (Fsp3) is 0.133. The zero-order valence-electron chi connectivity index (χ0n) is 10.4. The van der Waals surface area contributed by atoms with Crippen LogP contribution >= 0.6 is 11.6 Å². The van der Waals surface area contributed by atoms with Crippen molar-refractivity contribution in [3.05, 3.63) is 65.2 Å². The van der Waals surface area contributed by atoms with Crippen LogP contribution in [0.15, 0.2) is 53.6 Å².